The summed E-state index contributed by atoms with van der Waals surface area (Å²) < 4.78 is 12.6. The van der Waals surface area contributed by atoms with Crippen molar-refractivity contribution in [2.75, 3.05) is 11.9 Å². The third kappa shape index (κ3) is 6.68. The van der Waals surface area contributed by atoms with E-state index in [1.165, 1.54) is 19.1 Å². The Morgan fingerprint density at radius 2 is 1.90 bits per heavy atom. The van der Waals surface area contributed by atoms with Crippen LogP contribution in [0, 0.1) is 0 Å². The largest absolute Gasteiger partial charge is 0.491 e. The zero-order valence-electron chi connectivity index (χ0n) is 23.3. The summed E-state index contributed by atoms with van der Waals surface area (Å²) in [5, 5.41) is 16.0. The predicted molar refractivity (Wildman–Crippen MR) is 151 cm³/mol. The van der Waals surface area contributed by atoms with Crippen LogP contribution in [0.15, 0.2) is 42.7 Å². The molecule has 1 aromatic rings. The fraction of sp³-hybridized carbons (Fsp3) is 0.414. The van der Waals surface area contributed by atoms with Crippen molar-refractivity contribution < 1.29 is 38.6 Å². The summed E-state index contributed by atoms with van der Waals surface area (Å²) in [5.41, 5.74) is -5.06. The van der Waals surface area contributed by atoms with E-state index in [9.17, 15) is 29.1 Å². The monoisotopic (exact) mass is 574 g/mol. The van der Waals surface area contributed by atoms with Crippen molar-refractivity contribution in [3.8, 4) is 0 Å². The number of carboxylic acids is 1. The van der Waals surface area contributed by atoms with E-state index in [0.29, 0.717) is 6.29 Å². The minimum atomic E-state index is -1.77. The molecule has 1 aliphatic carbocycles. The van der Waals surface area contributed by atoms with Crippen LogP contribution < -0.4 is 10.6 Å². The first-order valence-corrected chi connectivity index (χ1v) is 13.0. The van der Waals surface area contributed by atoms with E-state index in [-0.39, 0.29) is 54.2 Å². The molecule has 0 fully saturated rings. The lowest BCUT2D eigenvalue weighted by Gasteiger charge is -2.53. The first kappa shape index (κ1) is 32.5. The highest BCUT2D eigenvalue weighted by Crippen LogP contribution is 2.45. The van der Waals surface area contributed by atoms with Crippen molar-refractivity contribution in [1.29, 1.82) is 0 Å². The molecule has 0 saturated heterocycles. The molecule has 0 spiro atoms. The van der Waals surface area contributed by atoms with Gasteiger partial charge in [0.05, 0.1) is 27.4 Å². The number of carbonyl (C=O) groups is 5. The molecule has 0 heterocycles. The van der Waals surface area contributed by atoms with Gasteiger partial charge in [0.25, 0.3) is 0 Å². The van der Waals surface area contributed by atoms with Gasteiger partial charge in [-0.15, -0.1) is 0 Å². The molecule has 1 amide bonds. The molecule has 2 rings (SSSR count). The average Bonchev–Trinajstić information content (AvgIpc) is 2.86. The number of aromatic carboxylic acids is 1. The minimum Gasteiger partial charge on any atom is -0.491 e. The van der Waals surface area contributed by atoms with Gasteiger partial charge in [0.15, 0.2) is 12.0 Å². The van der Waals surface area contributed by atoms with Crippen LogP contribution in [0.3, 0.4) is 0 Å². The number of halogens is 1. The summed E-state index contributed by atoms with van der Waals surface area (Å²) >= 11 is 6.58. The summed E-state index contributed by atoms with van der Waals surface area (Å²) in [4.78, 5) is 60.9. The minimum absolute atomic E-state index is 0.0103. The number of rotatable bonds is 14. The maximum absolute atomic E-state index is 13.0. The molecule has 1 aliphatic rings. The number of anilines is 1. The topological polar surface area (TPSA) is 148 Å². The van der Waals surface area contributed by atoms with E-state index in [1.54, 1.807) is 45.9 Å². The molecule has 11 heteroatoms. The molecule has 0 radical (unpaired) electrons. The number of ether oxygens (including phenoxy) is 2. The summed E-state index contributed by atoms with van der Waals surface area (Å²) in [6.07, 6.45) is 7.22. The lowest BCUT2D eigenvalue weighted by atomic mass is 9.77. The van der Waals surface area contributed by atoms with Gasteiger partial charge in [0.2, 0.25) is 11.7 Å². The molecule has 0 saturated carbocycles. The molecule has 10 nitrogen and oxygen atoms in total. The molecule has 1 aromatic carbocycles. The predicted octanol–water partition coefficient (Wildman–Crippen LogP) is 4.42. The van der Waals surface area contributed by atoms with E-state index < -0.39 is 45.7 Å². The van der Waals surface area contributed by atoms with Gasteiger partial charge in [-0.25, -0.2) is 4.79 Å². The zero-order chi connectivity index (χ0) is 30.3. The maximum Gasteiger partial charge on any atom is 0.337 e. The quantitative estimate of drug-likeness (QED) is 0.0965. The number of hydrogen-bond acceptors (Lipinski definition) is 8. The number of aldehydes is 2. The number of nitrogens with one attached hydrogen (secondary N) is 2. The van der Waals surface area contributed by atoms with Gasteiger partial charge >= 0.3 is 5.97 Å². The Hall–Kier alpha value is -3.76. The first-order chi connectivity index (χ1) is 18.7. The van der Waals surface area contributed by atoms with Crippen LogP contribution in [-0.4, -0.2) is 58.8 Å². The molecule has 2 unspecified atom stereocenters. The SMILES string of the molecule is C=CCOC1=CC=CC(Nc2c(C(=O)O)cc(CCC=O)c(Cl)c2C(=O)C=O)(OC(C)(C)C)C1(CC)NC(C)=O. The van der Waals surface area contributed by atoms with Crippen molar-refractivity contribution in [2.45, 2.75) is 70.7 Å². The van der Waals surface area contributed by atoms with Gasteiger partial charge in [-0.2, -0.15) is 0 Å². The third-order valence-corrected chi connectivity index (χ3v) is 6.57. The number of carbonyl (C=O) groups excluding carboxylic acids is 4. The fourth-order valence-corrected chi connectivity index (χ4v) is 5.04. The Labute approximate surface area is 238 Å². The van der Waals surface area contributed by atoms with Gasteiger partial charge in [-0.1, -0.05) is 37.3 Å². The number of carboxylic acid groups (broad SMARTS) is 1. The van der Waals surface area contributed by atoms with E-state index in [0.717, 1.165) is 0 Å². The second-order valence-electron chi connectivity index (χ2n) is 10.1. The van der Waals surface area contributed by atoms with Gasteiger partial charge in [0.1, 0.15) is 24.2 Å². The number of hydrogen-bond donors (Lipinski definition) is 3. The molecule has 0 aromatic heterocycles. The molecular formula is C29H35ClN2O8. The normalized spacial score (nSPS) is 20.2. The first-order valence-electron chi connectivity index (χ1n) is 12.6. The Bertz CT molecular complexity index is 1260. The number of Topliss-reactive ketones (excluding diaryl/α,β-unsaturated/α-hetero) is 1. The van der Waals surface area contributed by atoms with Gasteiger partial charge in [-0.3, -0.25) is 14.4 Å². The van der Waals surface area contributed by atoms with Crippen LogP contribution in [0.5, 0.6) is 0 Å². The summed E-state index contributed by atoms with van der Waals surface area (Å²) in [6, 6.07) is 1.24. The van der Waals surface area contributed by atoms with Crippen LogP contribution >= 0.6 is 11.6 Å². The third-order valence-electron chi connectivity index (χ3n) is 6.14. The average molecular weight is 575 g/mol. The maximum atomic E-state index is 13.0. The smallest absolute Gasteiger partial charge is 0.337 e. The van der Waals surface area contributed by atoms with Crippen LogP contribution in [0.4, 0.5) is 5.69 Å². The highest BCUT2D eigenvalue weighted by molar-refractivity contribution is 6.43. The molecule has 216 valence electrons. The van der Waals surface area contributed by atoms with E-state index in [2.05, 4.69) is 17.2 Å². The molecule has 2 atom stereocenters. The van der Waals surface area contributed by atoms with E-state index >= 15 is 0 Å². The second kappa shape index (κ2) is 13.1. The standard InChI is InChI=1S/C29H35ClN2O8/c1-7-15-39-22-12-9-13-29(40-27(4,5)6,28(22,8-2)31-18(3)35)32-25-20(26(37)38)16-19(11-10-14-33)24(30)23(25)21(36)17-34/h7,9,12-14,16-17,32H,1,8,10-11,15H2,2-6H3,(H,31,35)(H,37,38). The summed E-state index contributed by atoms with van der Waals surface area (Å²) in [7, 11) is 0. The fourth-order valence-electron chi connectivity index (χ4n) is 4.70. The Morgan fingerprint density at radius 1 is 1.23 bits per heavy atom. The second-order valence-corrected chi connectivity index (χ2v) is 10.5. The summed E-state index contributed by atoms with van der Waals surface area (Å²) in [5.74, 6) is -2.69. The van der Waals surface area contributed by atoms with Crippen LogP contribution in [-0.2, 0) is 30.3 Å². The Kier molecular flexibility index (Phi) is 10.6. The number of allylic oxidation sites excluding steroid dienone is 2. The van der Waals surface area contributed by atoms with Crippen molar-refractivity contribution in [3.63, 3.8) is 0 Å². The van der Waals surface area contributed by atoms with E-state index in [1.807, 2.05) is 0 Å². The van der Waals surface area contributed by atoms with Crippen molar-refractivity contribution in [1.82, 2.24) is 5.32 Å². The Morgan fingerprint density at radius 3 is 2.40 bits per heavy atom. The zero-order valence-corrected chi connectivity index (χ0v) is 24.0. The van der Waals surface area contributed by atoms with Crippen LogP contribution in [0.2, 0.25) is 5.02 Å². The Balaban J connectivity index is 3.04. The number of ketones is 1. The highest BCUT2D eigenvalue weighted by Gasteiger charge is 2.58. The number of aryl methyl sites for hydroxylation is 1. The lowest BCUT2D eigenvalue weighted by molar-refractivity contribution is -0.147. The highest BCUT2D eigenvalue weighted by atomic mass is 35.5. The van der Waals surface area contributed by atoms with Crippen LogP contribution in [0.25, 0.3) is 0 Å². The van der Waals surface area contributed by atoms with Gasteiger partial charge < -0.3 is 30.0 Å². The van der Waals surface area contributed by atoms with Gasteiger partial charge in [0, 0.05) is 13.3 Å². The number of amides is 1. The summed E-state index contributed by atoms with van der Waals surface area (Å²) in [6.45, 7) is 12.1. The molecule has 0 aliphatic heterocycles. The van der Waals surface area contributed by atoms with E-state index in [4.69, 9.17) is 21.1 Å². The van der Waals surface area contributed by atoms with Gasteiger partial charge in [-0.05, 0) is 57.4 Å². The molecule has 40 heavy (non-hydrogen) atoms. The lowest BCUT2D eigenvalue weighted by Crippen LogP contribution is -2.71. The van der Waals surface area contributed by atoms with Crippen molar-refractivity contribution in [3.05, 3.63) is 64.4 Å². The van der Waals surface area contributed by atoms with Crippen molar-refractivity contribution in [2.24, 2.45) is 0 Å². The van der Waals surface area contributed by atoms with Crippen molar-refractivity contribution >= 4 is 47.5 Å². The molecule has 3 N–H and O–H groups in total. The van der Waals surface area contributed by atoms with Crippen LogP contribution in [0.1, 0.15) is 73.7 Å². The number of benzene rings is 1. The molecular weight excluding hydrogens is 540 g/mol. The molecule has 0 bridgehead atoms.